The monoisotopic (exact) mass is 383 g/mol. The van der Waals surface area contributed by atoms with E-state index in [1.165, 1.54) is 6.92 Å². The number of imidazole rings is 1. The zero-order valence-electron chi connectivity index (χ0n) is 14.8. The van der Waals surface area contributed by atoms with Gasteiger partial charge < -0.3 is 19.7 Å². The molecule has 1 saturated heterocycles. The van der Waals surface area contributed by atoms with Gasteiger partial charge in [0.05, 0.1) is 6.33 Å². The molecule has 0 bridgehead atoms. The Labute approximate surface area is 154 Å². The number of urea groups is 1. The summed E-state index contributed by atoms with van der Waals surface area (Å²) in [6, 6.07) is 0.726. The number of aryl methyl sites for hydroxylation is 1. The molecule has 0 unspecified atom stereocenters. The SMILES string of the molecule is Cc1cc(C(F)(F)F)nc(N2CCN(C(=O)NCCn3ccnc3)CC2)n1. The van der Waals surface area contributed by atoms with Gasteiger partial charge in [-0.3, -0.25) is 0 Å². The van der Waals surface area contributed by atoms with E-state index in [2.05, 4.69) is 20.3 Å². The van der Waals surface area contributed by atoms with Crippen LogP contribution in [0.15, 0.2) is 24.8 Å². The highest BCUT2D eigenvalue weighted by Crippen LogP contribution is 2.29. The maximum atomic E-state index is 12.9. The predicted molar refractivity (Wildman–Crippen MR) is 91.2 cm³/mol. The van der Waals surface area contributed by atoms with E-state index in [1.807, 2.05) is 10.8 Å². The minimum absolute atomic E-state index is 0.0440. The minimum Gasteiger partial charge on any atom is -0.337 e. The number of nitrogens with one attached hydrogen (secondary N) is 1. The van der Waals surface area contributed by atoms with Crippen LogP contribution in [-0.2, 0) is 12.7 Å². The topological polar surface area (TPSA) is 79.2 Å². The first-order chi connectivity index (χ1) is 12.8. The second-order valence-electron chi connectivity index (χ2n) is 6.20. The molecule has 8 nitrogen and oxygen atoms in total. The first-order valence-electron chi connectivity index (χ1n) is 8.49. The number of anilines is 1. The molecular weight excluding hydrogens is 363 g/mol. The quantitative estimate of drug-likeness (QED) is 0.866. The van der Waals surface area contributed by atoms with Crippen LogP contribution in [0.2, 0.25) is 0 Å². The molecule has 1 N–H and O–H groups in total. The first-order valence-corrected chi connectivity index (χ1v) is 8.49. The summed E-state index contributed by atoms with van der Waals surface area (Å²) in [5, 5.41) is 2.82. The van der Waals surface area contributed by atoms with Crippen LogP contribution in [0.4, 0.5) is 23.9 Å². The third kappa shape index (κ3) is 4.86. The van der Waals surface area contributed by atoms with Gasteiger partial charge in [-0.1, -0.05) is 0 Å². The van der Waals surface area contributed by atoms with Gasteiger partial charge in [-0.25, -0.2) is 19.7 Å². The standard InChI is InChI=1S/C16H20F3N7O/c1-12-10-13(16(17,18)19)23-14(22-12)25-6-8-26(9-7-25)15(27)21-3-5-24-4-2-20-11-24/h2,4,10-11H,3,5-9H2,1H3,(H,21,27). The summed E-state index contributed by atoms with van der Waals surface area (Å²) in [7, 11) is 0. The molecule has 1 aliphatic heterocycles. The van der Waals surface area contributed by atoms with Crippen molar-refractivity contribution in [1.82, 2.24) is 29.7 Å². The van der Waals surface area contributed by atoms with Crippen LogP contribution in [-0.4, -0.2) is 63.2 Å². The summed E-state index contributed by atoms with van der Waals surface area (Å²) in [6.07, 6.45) is 0.627. The highest BCUT2D eigenvalue weighted by molar-refractivity contribution is 5.74. The van der Waals surface area contributed by atoms with Gasteiger partial charge in [-0.15, -0.1) is 0 Å². The molecule has 3 rings (SSSR count). The number of nitrogens with zero attached hydrogens (tertiary/aromatic N) is 6. The third-order valence-electron chi connectivity index (χ3n) is 4.19. The Morgan fingerprint density at radius 3 is 2.59 bits per heavy atom. The van der Waals surface area contributed by atoms with Crippen molar-refractivity contribution >= 4 is 12.0 Å². The van der Waals surface area contributed by atoms with Crippen LogP contribution in [0.25, 0.3) is 0 Å². The number of piperazine rings is 1. The number of rotatable bonds is 4. The molecule has 0 aromatic carbocycles. The van der Waals surface area contributed by atoms with Crippen molar-refractivity contribution in [3.05, 3.63) is 36.2 Å². The number of carbonyl (C=O) groups is 1. The average Bonchev–Trinajstić information content (AvgIpc) is 3.14. The van der Waals surface area contributed by atoms with Gasteiger partial charge >= 0.3 is 12.2 Å². The lowest BCUT2D eigenvalue weighted by Crippen LogP contribution is -2.52. The van der Waals surface area contributed by atoms with Crippen LogP contribution in [0.1, 0.15) is 11.4 Å². The predicted octanol–water partition coefficient (Wildman–Crippen LogP) is 1.53. The Balaban J connectivity index is 1.52. The highest BCUT2D eigenvalue weighted by Gasteiger charge is 2.34. The first kappa shape index (κ1) is 18.9. The second kappa shape index (κ2) is 7.80. The maximum Gasteiger partial charge on any atom is 0.433 e. The molecule has 146 valence electrons. The second-order valence-corrected chi connectivity index (χ2v) is 6.20. The maximum absolute atomic E-state index is 12.9. The fourth-order valence-electron chi connectivity index (χ4n) is 2.77. The molecule has 27 heavy (non-hydrogen) atoms. The van der Waals surface area contributed by atoms with Crippen molar-refractivity contribution in [3.63, 3.8) is 0 Å². The summed E-state index contributed by atoms with van der Waals surface area (Å²) >= 11 is 0. The van der Waals surface area contributed by atoms with E-state index in [0.717, 1.165) is 6.07 Å². The van der Waals surface area contributed by atoms with Crippen molar-refractivity contribution in [2.45, 2.75) is 19.6 Å². The average molecular weight is 383 g/mol. The van der Waals surface area contributed by atoms with Gasteiger partial charge in [0.15, 0.2) is 0 Å². The van der Waals surface area contributed by atoms with Crippen molar-refractivity contribution in [2.24, 2.45) is 0 Å². The van der Waals surface area contributed by atoms with Gasteiger partial charge in [0.2, 0.25) is 5.95 Å². The van der Waals surface area contributed by atoms with Crippen molar-refractivity contribution in [3.8, 4) is 0 Å². The van der Waals surface area contributed by atoms with E-state index in [9.17, 15) is 18.0 Å². The highest BCUT2D eigenvalue weighted by atomic mass is 19.4. The van der Waals surface area contributed by atoms with Crippen LogP contribution in [0.5, 0.6) is 0 Å². The van der Waals surface area contributed by atoms with E-state index in [-0.39, 0.29) is 17.7 Å². The molecular formula is C16H20F3N7O. The molecule has 1 aliphatic rings. The largest absolute Gasteiger partial charge is 0.433 e. The Morgan fingerprint density at radius 2 is 1.96 bits per heavy atom. The van der Waals surface area contributed by atoms with Crippen LogP contribution < -0.4 is 10.2 Å². The summed E-state index contributed by atoms with van der Waals surface area (Å²) < 4.78 is 40.6. The molecule has 0 spiro atoms. The molecule has 0 aliphatic carbocycles. The number of hydrogen-bond donors (Lipinski definition) is 1. The number of carbonyl (C=O) groups excluding carboxylic acids is 1. The van der Waals surface area contributed by atoms with E-state index in [0.29, 0.717) is 39.3 Å². The van der Waals surface area contributed by atoms with Crippen LogP contribution in [0.3, 0.4) is 0 Å². The van der Waals surface area contributed by atoms with Crippen molar-refractivity contribution < 1.29 is 18.0 Å². The van der Waals surface area contributed by atoms with Gasteiger partial charge in [0, 0.05) is 57.4 Å². The molecule has 2 amide bonds. The Morgan fingerprint density at radius 1 is 1.22 bits per heavy atom. The lowest BCUT2D eigenvalue weighted by atomic mass is 10.3. The number of amides is 2. The fourth-order valence-corrected chi connectivity index (χ4v) is 2.77. The molecule has 3 heterocycles. The Kier molecular flexibility index (Phi) is 5.47. The van der Waals surface area contributed by atoms with Crippen molar-refractivity contribution in [1.29, 1.82) is 0 Å². The number of halogens is 3. The Bertz CT molecular complexity index is 771. The fraction of sp³-hybridized carbons (Fsp3) is 0.500. The molecule has 2 aromatic rings. The molecule has 2 aromatic heterocycles. The van der Waals surface area contributed by atoms with Gasteiger partial charge in [-0.05, 0) is 13.0 Å². The van der Waals surface area contributed by atoms with E-state index < -0.39 is 11.9 Å². The van der Waals surface area contributed by atoms with Crippen LogP contribution in [0, 0.1) is 6.92 Å². The minimum atomic E-state index is -4.51. The summed E-state index contributed by atoms with van der Waals surface area (Å²) in [6.45, 7) is 4.09. The van der Waals surface area contributed by atoms with Gasteiger partial charge in [0.1, 0.15) is 5.69 Å². The Hall–Kier alpha value is -2.85. The summed E-state index contributed by atoms with van der Waals surface area (Å²) in [4.78, 5) is 27.2. The summed E-state index contributed by atoms with van der Waals surface area (Å²) in [5.74, 6) is 0.0440. The molecule has 11 heteroatoms. The summed E-state index contributed by atoms with van der Waals surface area (Å²) in [5.41, 5.74) is -0.698. The van der Waals surface area contributed by atoms with E-state index >= 15 is 0 Å². The lowest BCUT2D eigenvalue weighted by Gasteiger charge is -2.35. The van der Waals surface area contributed by atoms with E-state index in [1.54, 1.807) is 22.3 Å². The van der Waals surface area contributed by atoms with Gasteiger partial charge in [0.25, 0.3) is 0 Å². The molecule has 0 atom stereocenters. The number of aromatic nitrogens is 4. The number of hydrogen-bond acceptors (Lipinski definition) is 5. The molecule has 1 fully saturated rings. The smallest absolute Gasteiger partial charge is 0.337 e. The third-order valence-corrected chi connectivity index (χ3v) is 4.19. The van der Waals surface area contributed by atoms with Gasteiger partial charge in [-0.2, -0.15) is 13.2 Å². The number of alkyl halides is 3. The van der Waals surface area contributed by atoms with Crippen LogP contribution >= 0.6 is 0 Å². The van der Waals surface area contributed by atoms with E-state index in [4.69, 9.17) is 0 Å². The zero-order chi connectivity index (χ0) is 19.4. The lowest BCUT2D eigenvalue weighted by molar-refractivity contribution is -0.141. The molecule has 0 saturated carbocycles. The normalized spacial score (nSPS) is 15.1. The van der Waals surface area contributed by atoms with Crippen molar-refractivity contribution in [2.75, 3.05) is 37.6 Å². The molecule has 0 radical (unpaired) electrons. The zero-order valence-corrected chi connectivity index (χ0v) is 14.8.